The molecule has 0 bridgehead atoms. The van der Waals surface area contributed by atoms with Crippen molar-refractivity contribution in [2.75, 3.05) is 36.2 Å². The molecule has 0 spiro atoms. The molecule has 0 unspecified atom stereocenters. The third-order valence-corrected chi connectivity index (χ3v) is 3.26. The summed E-state index contributed by atoms with van der Waals surface area (Å²) in [7, 11) is -2.97. The van der Waals surface area contributed by atoms with Crippen LogP contribution >= 0.6 is 0 Å². The predicted octanol–water partition coefficient (Wildman–Crippen LogP) is 1.51. The fourth-order valence-electron chi connectivity index (χ4n) is 1.41. The van der Waals surface area contributed by atoms with E-state index in [9.17, 15) is 8.42 Å². The van der Waals surface area contributed by atoms with Crippen molar-refractivity contribution in [2.24, 2.45) is 0 Å². The van der Waals surface area contributed by atoms with Gasteiger partial charge < -0.3 is 15.8 Å². The van der Waals surface area contributed by atoms with Crippen LogP contribution in [0, 0.1) is 0 Å². The van der Waals surface area contributed by atoms with Crippen molar-refractivity contribution >= 4 is 21.2 Å². The molecule has 0 saturated carbocycles. The van der Waals surface area contributed by atoms with Crippen molar-refractivity contribution < 1.29 is 13.2 Å². The monoisotopic (exact) mass is 272 g/mol. The summed E-state index contributed by atoms with van der Waals surface area (Å²) in [4.78, 5) is 0. The minimum atomic E-state index is -2.97. The molecule has 0 radical (unpaired) electrons. The summed E-state index contributed by atoms with van der Waals surface area (Å²) in [5.41, 5.74) is 7.15. The molecular formula is C12H20N2O3S. The molecule has 1 aromatic carbocycles. The molecular weight excluding hydrogens is 252 g/mol. The van der Waals surface area contributed by atoms with E-state index in [0.717, 1.165) is 6.42 Å². The number of anilines is 2. The maximum absolute atomic E-state index is 11.0. The standard InChI is InChI=1S/C12H20N2O3S/c1-3-8-17-11-6-4-5-10(12(11)13)14-7-9-18(2,15)16/h4-6,14H,3,7-9,13H2,1-2H3. The molecule has 0 amide bonds. The van der Waals surface area contributed by atoms with E-state index in [0.29, 0.717) is 30.3 Å². The van der Waals surface area contributed by atoms with E-state index in [2.05, 4.69) is 5.32 Å². The summed E-state index contributed by atoms with van der Waals surface area (Å²) in [5, 5.41) is 3.00. The van der Waals surface area contributed by atoms with Gasteiger partial charge in [-0.05, 0) is 18.6 Å². The maximum atomic E-state index is 11.0. The van der Waals surface area contributed by atoms with Crippen molar-refractivity contribution in [3.63, 3.8) is 0 Å². The lowest BCUT2D eigenvalue weighted by Crippen LogP contribution is -2.15. The second kappa shape index (κ2) is 6.49. The van der Waals surface area contributed by atoms with Crippen LogP contribution in [0.1, 0.15) is 13.3 Å². The molecule has 18 heavy (non-hydrogen) atoms. The Morgan fingerprint density at radius 3 is 2.72 bits per heavy atom. The zero-order valence-electron chi connectivity index (χ0n) is 10.8. The molecule has 0 aromatic heterocycles. The van der Waals surface area contributed by atoms with Gasteiger partial charge in [-0.3, -0.25) is 0 Å². The van der Waals surface area contributed by atoms with Gasteiger partial charge in [0.15, 0.2) is 0 Å². The van der Waals surface area contributed by atoms with Crippen LogP contribution in [-0.2, 0) is 9.84 Å². The zero-order chi connectivity index (χ0) is 13.6. The van der Waals surface area contributed by atoms with Crippen molar-refractivity contribution in [1.29, 1.82) is 0 Å². The normalized spacial score (nSPS) is 11.2. The van der Waals surface area contributed by atoms with Crippen LogP contribution in [0.25, 0.3) is 0 Å². The van der Waals surface area contributed by atoms with Gasteiger partial charge in [0.05, 0.1) is 23.7 Å². The fourth-order valence-corrected chi connectivity index (χ4v) is 1.88. The second-order valence-electron chi connectivity index (χ2n) is 4.12. The van der Waals surface area contributed by atoms with E-state index < -0.39 is 9.84 Å². The zero-order valence-corrected chi connectivity index (χ0v) is 11.6. The highest BCUT2D eigenvalue weighted by Crippen LogP contribution is 2.29. The van der Waals surface area contributed by atoms with Crippen LogP contribution in [0.5, 0.6) is 5.75 Å². The lowest BCUT2D eigenvalue weighted by molar-refractivity contribution is 0.319. The largest absolute Gasteiger partial charge is 0.491 e. The number of hydrogen-bond donors (Lipinski definition) is 2. The SMILES string of the molecule is CCCOc1cccc(NCCS(C)(=O)=O)c1N. The number of nitrogen functional groups attached to an aromatic ring is 1. The molecule has 0 fully saturated rings. The van der Waals surface area contributed by atoms with Gasteiger partial charge in [-0.1, -0.05) is 13.0 Å². The first kappa shape index (κ1) is 14.6. The maximum Gasteiger partial charge on any atom is 0.149 e. The summed E-state index contributed by atoms with van der Waals surface area (Å²) in [6.07, 6.45) is 2.12. The Kier molecular flexibility index (Phi) is 5.27. The third-order valence-electron chi connectivity index (χ3n) is 2.32. The molecule has 0 aliphatic heterocycles. The first-order valence-corrected chi connectivity index (χ1v) is 7.93. The Hall–Kier alpha value is -1.43. The van der Waals surface area contributed by atoms with E-state index in [-0.39, 0.29) is 5.75 Å². The minimum Gasteiger partial charge on any atom is -0.491 e. The van der Waals surface area contributed by atoms with Crippen molar-refractivity contribution in [3.05, 3.63) is 18.2 Å². The van der Waals surface area contributed by atoms with Crippen molar-refractivity contribution in [1.82, 2.24) is 0 Å². The quantitative estimate of drug-likeness (QED) is 0.735. The average molecular weight is 272 g/mol. The first-order valence-electron chi connectivity index (χ1n) is 5.87. The van der Waals surface area contributed by atoms with E-state index in [1.807, 2.05) is 13.0 Å². The number of para-hydroxylation sites is 1. The van der Waals surface area contributed by atoms with E-state index in [1.165, 1.54) is 6.26 Å². The Morgan fingerprint density at radius 1 is 1.39 bits per heavy atom. The molecule has 5 nitrogen and oxygen atoms in total. The molecule has 1 aromatic rings. The molecule has 6 heteroatoms. The summed E-state index contributed by atoms with van der Waals surface area (Å²) >= 11 is 0. The highest BCUT2D eigenvalue weighted by Gasteiger charge is 2.07. The molecule has 1 rings (SSSR count). The van der Waals surface area contributed by atoms with E-state index in [1.54, 1.807) is 12.1 Å². The van der Waals surface area contributed by atoms with Crippen LogP contribution in [0.3, 0.4) is 0 Å². The topological polar surface area (TPSA) is 81.4 Å². The Bertz CT molecular complexity index is 486. The van der Waals surface area contributed by atoms with Crippen LogP contribution in [0.4, 0.5) is 11.4 Å². The number of ether oxygens (including phenoxy) is 1. The van der Waals surface area contributed by atoms with Crippen molar-refractivity contribution in [2.45, 2.75) is 13.3 Å². The van der Waals surface area contributed by atoms with Gasteiger partial charge in [-0.2, -0.15) is 0 Å². The number of hydrogen-bond acceptors (Lipinski definition) is 5. The van der Waals surface area contributed by atoms with Gasteiger partial charge in [0.1, 0.15) is 15.6 Å². The number of benzene rings is 1. The van der Waals surface area contributed by atoms with Crippen LogP contribution in [0.2, 0.25) is 0 Å². The van der Waals surface area contributed by atoms with Gasteiger partial charge in [0, 0.05) is 12.8 Å². The molecule has 3 N–H and O–H groups in total. The molecule has 0 aliphatic carbocycles. The first-order chi connectivity index (χ1) is 8.44. The number of nitrogens with two attached hydrogens (primary N) is 1. The van der Waals surface area contributed by atoms with Gasteiger partial charge in [-0.15, -0.1) is 0 Å². The summed E-state index contributed by atoms with van der Waals surface area (Å²) < 4.78 is 27.5. The number of nitrogens with one attached hydrogen (secondary N) is 1. The molecule has 102 valence electrons. The van der Waals surface area contributed by atoms with Crippen LogP contribution < -0.4 is 15.8 Å². The van der Waals surface area contributed by atoms with Gasteiger partial charge in [-0.25, -0.2) is 8.42 Å². The summed E-state index contributed by atoms with van der Waals surface area (Å²) in [5.74, 6) is 0.702. The van der Waals surface area contributed by atoms with Crippen LogP contribution in [0.15, 0.2) is 18.2 Å². The molecule has 0 atom stereocenters. The molecule has 0 heterocycles. The van der Waals surface area contributed by atoms with Crippen LogP contribution in [-0.4, -0.2) is 33.6 Å². The summed E-state index contributed by atoms with van der Waals surface area (Å²) in [6, 6.07) is 5.42. The Balaban J connectivity index is 2.66. The third kappa shape index (κ3) is 4.83. The molecule has 0 aliphatic rings. The van der Waals surface area contributed by atoms with E-state index in [4.69, 9.17) is 10.5 Å². The van der Waals surface area contributed by atoms with Gasteiger partial charge in [0.2, 0.25) is 0 Å². The minimum absolute atomic E-state index is 0.0759. The van der Waals surface area contributed by atoms with Gasteiger partial charge in [0.25, 0.3) is 0 Å². The highest BCUT2D eigenvalue weighted by atomic mass is 32.2. The number of sulfone groups is 1. The highest BCUT2D eigenvalue weighted by molar-refractivity contribution is 7.90. The Labute approximate surface area is 108 Å². The average Bonchev–Trinajstić information content (AvgIpc) is 2.28. The predicted molar refractivity (Wildman–Crippen MR) is 74.8 cm³/mol. The number of rotatable bonds is 7. The Morgan fingerprint density at radius 2 is 2.11 bits per heavy atom. The summed E-state index contributed by atoms with van der Waals surface area (Å²) in [6.45, 7) is 2.96. The van der Waals surface area contributed by atoms with Gasteiger partial charge >= 0.3 is 0 Å². The smallest absolute Gasteiger partial charge is 0.149 e. The van der Waals surface area contributed by atoms with E-state index >= 15 is 0 Å². The fraction of sp³-hybridized carbons (Fsp3) is 0.500. The lowest BCUT2D eigenvalue weighted by Gasteiger charge is -2.13. The lowest BCUT2D eigenvalue weighted by atomic mass is 10.2. The van der Waals surface area contributed by atoms with Crippen molar-refractivity contribution in [3.8, 4) is 5.75 Å². The molecule has 0 saturated heterocycles. The second-order valence-corrected chi connectivity index (χ2v) is 6.38.